The van der Waals surface area contributed by atoms with E-state index in [-0.39, 0.29) is 12.0 Å². The van der Waals surface area contributed by atoms with Crippen molar-refractivity contribution in [3.05, 3.63) is 29.3 Å². The summed E-state index contributed by atoms with van der Waals surface area (Å²) >= 11 is 0. The lowest BCUT2D eigenvalue weighted by Gasteiger charge is -2.34. The number of amides is 1. The summed E-state index contributed by atoms with van der Waals surface area (Å²) in [4.78, 5) is 16.9. The number of hydrogen-bond donors (Lipinski definition) is 0. The molecule has 0 bridgehead atoms. The number of benzene rings is 1. The molecular formula is C19H28N2O2. The van der Waals surface area contributed by atoms with E-state index in [4.69, 9.17) is 4.74 Å². The number of hydrogen-bond acceptors (Lipinski definition) is 3. The third kappa shape index (κ3) is 3.86. The number of nitrogens with zero attached hydrogens (tertiary/aromatic N) is 2. The van der Waals surface area contributed by atoms with Crippen molar-refractivity contribution in [1.82, 2.24) is 9.80 Å². The Morgan fingerprint density at radius 1 is 1.13 bits per heavy atom. The summed E-state index contributed by atoms with van der Waals surface area (Å²) in [6.45, 7) is 5.53. The first-order valence-electron chi connectivity index (χ1n) is 8.93. The van der Waals surface area contributed by atoms with Crippen molar-refractivity contribution in [2.75, 3.05) is 33.2 Å². The van der Waals surface area contributed by atoms with E-state index < -0.39 is 0 Å². The average molecular weight is 316 g/mol. The fraction of sp³-hybridized carbons (Fsp3) is 0.632. The van der Waals surface area contributed by atoms with Gasteiger partial charge in [-0.25, -0.2) is 0 Å². The maximum atomic E-state index is 12.7. The van der Waals surface area contributed by atoms with Gasteiger partial charge in [-0.2, -0.15) is 0 Å². The normalized spacial score (nSPS) is 20.0. The van der Waals surface area contributed by atoms with E-state index in [1.165, 1.54) is 30.4 Å². The highest BCUT2D eigenvalue weighted by molar-refractivity contribution is 5.81. The monoisotopic (exact) mass is 316 g/mol. The zero-order chi connectivity index (χ0) is 16.2. The van der Waals surface area contributed by atoms with Gasteiger partial charge in [0.05, 0.1) is 0 Å². The number of piperazine rings is 1. The second-order valence-corrected chi connectivity index (χ2v) is 6.78. The fourth-order valence-corrected chi connectivity index (χ4v) is 3.49. The lowest BCUT2D eigenvalue weighted by atomic mass is 9.92. The van der Waals surface area contributed by atoms with Crippen LogP contribution in [0.5, 0.6) is 5.75 Å². The number of aryl methyl sites for hydroxylation is 2. The molecule has 126 valence electrons. The minimum absolute atomic E-state index is 0.137. The molecule has 1 saturated heterocycles. The van der Waals surface area contributed by atoms with Crippen LogP contribution in [0.1, 0.15) is 37.3 Å². The van der Waals surface area contributed by atoms with Crippen LogP contribution in [0.3, 0.4) is 0 Å². The summed E-state index contributed by atoms with van der Waals surface area (Å²) in [6, 6.07) is 6.36. The van der Waals surface area contributed by atoms with Crippen molar-refractivity contribution >= 4 is 5.91 Å². The molecule has 0 spiro atoms. The highest BCUT2D eigenvalue weighted by Crippen LogP contribution is 2.26. The molecule has 1 fully saturated rings. The van der Waals surface area contributed by atoms with Crippen molar-refractivity contribution < 1.29 is 9.53 Å². The third-order valence-electron chi connectivity index (χ3n) is 5.06. The van der Waals surface area contributed by atoms with Crippen molar-refractivity contribution in [2.24, 2.45) is 0 Å². The van der Waals surface area contributed by atoms with E-state index in [0.717, 1.165) is 38.3 Å². The molecule has 23 heavy (non-hydrogen) atoms. The predicted molar refractivity (Wildman–Crippen MR) is 91.9 cm³/mol. The molecule has 1 aromatic rings. The van der Waals surface area contributed by atoms with E-state index >= 15 is 0 Å². The molecule has 0 aromatic heterocycles. The molecule has 0 N–H and O–H groups in total. The first kappa shape index (κ1) is 16.3. The standard InChI is InChI=1S/C19H28N2O2/c1-3-18(19(22)21-12-10-20(2)11-13-21)23-17-9-8-15-6-4-5-7-16(15)14-17/h8-9,14,18H,3-7,10-13H2,1-2H3/t18-/m0/s1. The lowest BCUT2D eigenvalue weighted by Crippen LogP contribution is -2.51. The quantitative estimate of drug-likeness (QED) is 0.855. The van der Waals surface area contributed by atoms with Crippen LogP contribution >= 0.6 is 0 Å². The molecule has 1 amide bonds. The van der Waals surface area contributed by atoms with Gasteiger partial charge in [0.1, 0.15) is 5.75 Å². The lowest BCUT2D eigenvalue weighted by molar-refractivity contribution is -0.140. The van der Waals surface area contributed by atoms with Crippen LogP contribution in [0.4, 0.5) is 0 Å². The van der Waals surface area contributed by atoms with Crippen molar-refractivity contribution in [3.63, 3.8) is 0 Å². The van der Waals surface area contributed by atoms with E-state index in [0.29, 0.717) is 6.42 Å². The maximum Gasteiger partial charge on any atom is 0.263 e. The van der Waals surface area contributed by atoms with Gasteiger partial charge < -0.3 is 14.5 Å². The average Bonchev–Trinajstić information content (AvgIpc) is 2.59. The highest BCUT2D eigenvalue weighted by atomic mass is 16.5. The first-order chi connectivity index (χ1) is 11.2. The Bertz CT molecular complexity index is 550. The number of carbonyl (C=O) groups is 1. The Labute approximate surface area is 139 Å². The zero-order valence-electron chi connectivity index (χ0n) is 14.4. The van der Waals surface area contributed by atoms with Crippen LogP contribution in [0, 0.1) is 0 Å². The number of rotatable bonds is 4. The zero-order valence-corrected chi connectivity index (χ0v) is 14.4. The Balaban J connectivity index is 1.65. The molecule has 1 aromatic carbocycles. The van der Waals surface area contributed by atoms with Crippen molar-refractivity contribution in [2.45, 2.75) is 45.1 Å². The van der Waals surface area contributed by atoms with Crippen LogP contribution in [0.2, 0.25) is 0 Å². The van der Waals surface area contributed by atoms with E-state index in [2.05, 4.69) is 24.1 Å². The predicted octanol–water partition coefficient (Wildman–Crippen LogP) is 2.50. The van der Waals surface area contributed by atoms with Gasteiger partial charge in [0.15, 0.2) is 6.10 Å². The highest BCUT2D eigenvalue weighted by Gasteiger charge is 2.27. The van der Waals surface area contributed by atoms with Gasteiger partial charge in [-0.1, -0.05) is 13.0 Å². The van der Waals surface area contributed by atoms with Crippen LogP contribution < -0.4 is 4.74 Å². The summed E-state index contributed by atoms with van der Waals surface area (Å²) < 4.78 is 6.07. The van der Waals surface area contributed by atoms with Crippen molar-refractivity contribution in [3.8, 4) is 5.75 Å². The number of likely N-dealkylation sites (N-methyl/N-ethyl adjacent to an activating group) is 1. The topological polar surface area (TPSA) is 32.8 Å². The van der Waals surface area contributed by atoms with Crippen LogP contribution in [0.15, 0.2) is 18.2 Å². The SMILES string of the molecule is CC[C@H](Oc1ccc2c(c1)CCCC2)C(=O)N1CCN(C)CC1. The molecule has 1 atom stereocenters. The smallest absolute Gasteiger partial charge is 0.263 e. The van der Waals surface area contributed by atoms with Crippen LogP contribution in [0.25, 0.3) is 0 Å². The van der Waals surface area contributed by atoms with Crippen LogP contribution in [-0.4, -0.2) is 55.0 Å². The second-order valence-electron chi connectivity index (χ2n) is 6.78. The largest absolute Gasteiger partial charge is 0.481 e. The van der Waals surface area contributed by atoms with Gasteiger partial charge in [-0.05, 0) is 62.4 Å². The summed E-state index contributed by atoms with van der Waals surface area (Å²) in [6.07, 6.45) is 5.20. The van der Waals surface area contributed by atoms with E-state index in [1.807, 2.05) is 17.9 Å². The van der Waals surface area contributed by atoms with Gasteiger partial charge >= 0.3 is 0 Å². The summed E-state index contributed by atoms with van der Waals surface area (Å²) in [5, 5.41) is 0. The Morgan fingerprint density at radius 3 is 2.52 bits per heavy atom. The molecule has 1 aliphatic heterocycles. The second kappa shape index (κ2) is 7.35. The molecule has 1 heterocycles. The molecule has 0 radical (unpaired) electrons. The molecule has 0 unspecified atom stereocenters. The summed E-state index contributed by atoms with van der Waals surface area (Å²) in [5.41, 5.74) is 2.85. The number of carbonyl (C=O) groups excluding carboxylic acids is 1. The number of ether oxygens (including phenoxy) is 1. The molecule has 4 nitrogen and oxygen atoms in total. The first-order valence-corrected chi connectivity index (χ1v) is 8.93. The molecule has 1 aliphatic carbocycles. The number of fused-ring (bicyclic) bond motifs is 1. The minimum atomic E-state index is -0.361. The molecule has 4 heteroatoms. The Hall–Kier alpha value is -1.55. The third-order valence-corrected chi connectivity index (χ3v) is 5.06. The van der Waals surface area contributed by atoms with Gasteiger partial charge in [-0.3, -0.25) is 4.79 Å². The van der Waals surface area contributed by atoms with Gasteiger partial charge in [0.2, 0.25) is 0 Å². The summed E-state index contributed by atoms with van der Waals surface area (Å²) in [5.74, 6) is 0.985. The summed E-state index contributed by atoms with van der Waals surface area (Å²) in [7, 11) is 2.10. The fourth-order valence-electron chi connectivity index (χ4n) is 3.49. The van der Waals surface area contributed by atoms with Gasteiger partial charge in [0.25, 0.3) is 5.91 Å². The minimum Gasteiger partial charge on any atom is -0.481 e. The molecule has 3 rings (SSSR count). The molecular weight excluding hydrogens is 288 g/mol. The van der Waals surface area contributed by atoms with E-state index in [1.54, 1.807) is 0 Å². The maximum absolute atomic E-state index is 12.7. The van der Waals surface area contributed by atoms with Gasteiger partial charge in [0, 0.05) is 26.2 Å². The molecule has 2 aliphatic rings. The van der Waals surface area contributed by atoms with E-state index in [9.17, 15) is 4.79 Å². The van der Waals surface area contributed by atoms with Crippen LogP contribution in [-0.2, 0) is 17.6 Å². The van der Waals surface area contributed by atoms with Crippen molar-refractivity contribution in [1.29, 1.82) is 0 Å². The van der Waals surface area contributed by atoms with Gasteiger partial charge in [-0.15, -0.1) is 0 Å². The Kier molecular flexibility index (Phi) is 5.21. The molecule has 0 saturated carbocycles. The Morgan fingerprint density at radius 2 is 1.83 bits per heavy atom.